The molecule has 0 saturated carbocycles. The second-order valence-electron chi connectivity index (χ2n) is 4.75. The van der Waals surface area contributed by atoms with Gasteiger partial charge in [0.05, 0.1) is 13.2 Å². The van der Waals surface area contributed by atoms with Crippen LogP contribution in [0.25, 0.3) is 0 Å². The smallest absolute Gasteiger partial charge is 0.170 e. The fraction of sp³-hybridized carbons (Fsp3) is 1.00. The van der Waals surface area contributed by atoms with Gasteiger partial charge in [-0.25, -0.2) is 0 Å². The monoisotopic (exact) mass is 214 g/mol. The molecule has 0 radical (unpaired) electrons. The second-order valence-corrected chi connectivity index (χ2v) is 4.75. The summed E-state index contributed by atoms with van der Waals surface area (Å²) in [4.78, 5) is 4.73. The van der Waals surface area contributed by atoms with Gasteiger partial charge in [0.1, 0.15) is 0 Å². The molecule has 4 heteroatoms. The highest BCUT2D eigenvalue weighted by atomic mass is 16.7. The van der Waals surface area contributed by atoms with Crippen LogP contribution in [0.1, 0.15) is 12.8 Å². The van der Waals surface area contributed by atoms with Gasteiger partial charge in [-0.05, 0) is 14.1 Å². The molecular weight excluding hydrogens is 192 g/mol. The van der Waals surface area contributed by atoms with Crippen molar-refractivity contribution in [2.75, 3.05) is 53.5 Å². The van der Waals surface area contributed by atoms with Crippen molar-refractivity contribution in [2.45, 2.75) is 18.6 Å². The van der Waals surface area contributed by atoms with Crippen molar-refractivity contribution < 1.29 is 9.47 Å². The third kappa shape index (κ3) is 2.91. The molecule has 1 spiro atoms. The van der Waals surface area contributed by atoms with Crippen LogP contribution in [0.2, 0.25) is 0 Å². The van der Waals surface area contributed by atoms with Gasteiger partial charge in [-0.2, -0.15) is 0 Å². The molecule has 0 aromatic carbocycles. The molecule has 88 valence electrons. The molecule has 0 N–H and O–H groups in total. The lowest BCUT2D eigenvalue weighted by atomic mass is 10.0. The molecule has 4 nitrogen and oxygen atoms in total. The summed E-state index contributed by atoms with van der Waals surface area (Å²) in [5, 5.41) is 0. The Bertz CT molecular complexity index is 193. The minimum absolute atomic E-state index is 0.214. The van der Waals surface area contributed by atoms with Crippen molar-refractivity contribution in [3.63, 3.8) is 0 Å². The lowest BCUT2D eigenvalue weighted by Gasteiger charge is -2.37. The highest BCUT2D eigenvalue weighted by Crippen LogP contribution is 2.30. The van der Waals surface area contributed by atoms with E-state index in [1.54, 1.807) is 0 Å². The predicted molar refractivity (Wildman–Crippen MR) is 58.9 cm³/mol. The van der Waals surface area contributed by atoms with E-state index < -0.39 is 0 Å². The van der Waals surface area contributed by atoms with E-state index in [1.807, 2.05) is 0 Å². The average molecular weight is 214 g/mol. The standard InChI is InChI=1S/C11H22N2O2/c1-12(2)7-8-13-5-3-11(4-6-13)14-9-10-15-11/h3-10H2,1-2H3. The van der Waals surface area contributed by atoms with Crippen molar-refractivity contribution in [2.24, 2.45) is 0 Å². The molecule has 0 aromatic heterocycles. The zero-order valence-corrected chi connectivity index (χ0v) is 9.87. The highest BCUT2D eigenvalue weighted by Gasteiger charge is 2.39. The summed E-state index contributed by atoms with van der Waals surface area (Å²) in [5.41, 5.74) is 0. The average Bonchev–Trinajstić information content (AvgIpc) is 2.66. The first-order valence-corrected chi connectivity index (χ1v) is 5.85. The van der Waals surface area contributed by atoms with E-state index in [9.17, 15) is 0 Å². The molecule has 2 aliphatic heterocycles. The van der Waals surface area contributed by atoms with E-state index >= 15 is 0 Å². The van der Waals surface area contributed by atoms with Gasteiger partial charge in [-0.1, -0.05) is 0 Å². The molecule has 0 bridgehead atoms. The molecule has 0 unspecified atom stereocenters. The van der Waals surface area contributed by atoms with Gasteiger partial charge >= 0.3 is 0 Å². The number of hydrogen-bond acceptors (Lipinski definition) is 4. The minimum atomic E-state index is -0.214. The molecule has 2 fully saturated rings. The summed E-state index contributed by atoms with van der Waals surface area (Å²) >= 11 is 0. The first kappa shape index (κ1) is 11.3. The van der Waals surface area contributed by atoms with Crippen LogP contribution in [-0.2, 0) is 9.47 Å². The van der Waals surface area contributed by atoms with Crippen LogP contribution in [-0.4, -0.2) is 69.1 Å². The first-order valence-electron chi connectivity index (χ1n) is 5.85. The maximum absolute atomic E-state index is 5.70. The fourth-order valence-corrected chi connectivity index (χ4v) is 2.24. The van der Waals surface area contributed by atoms with Crippen LogP contribution in [0.15, 0.2) is 0 Å². The Morgan fingerprint density at radius 2 is 1.73 bits per heavy atom. The molecule has 0 atom stereocenters. The molecule has 2 heterocycles. The molecule has 15 heavy (non-hydrogen) atoms. The third-order valence-electron chi connectivity index (χ3n) is 3.29. The largest absolute Gasteiger partial charge is 0.347 e. The number of piperidine rings is 1. The van der Waals surface area contributed by atoms with E-state index in [2.05, 4.69) is 23.9 Å². The number of likely N-dealkylation sites (tertiary alicyclic amines) is 1. The molecule has 0 amide bonds. The van der Waals surface area contributed by atoms with Crippen LogP contribution in [0.3, 0.4) is 0 Å². The number of ether oxygens (including phenoxy) is 2. The van der Waals surface area contributed by atoms with E-state index in [1.165, 1.54) is 0 Å². The quantitative estimate of drug-likeness (QED) is 0.678. The van der Waals surface area contributed by atoms with E-state index in [4.69, 9.17) is 9.47 Å². The van der Waals surface area contributed by atoms with Gasteiger partial charge in [0.25, 0.3) is 0 Å². The van der Waals surface area contributed by atoms with Crippen LogP contribution in [0.5, 0.6) is 0 Å². The van der Waals surface area contributed by atoms with Crippen molar-refractivity contribution in [3.8, 4) is 0 Å². The molecular formula is C11H22N2O2. The number of nitrogens with zero attached hydrogens (tertiary/aromatic N) is 2. The van der Waals surface area contributed by atoms with Gasteiger partial charge < -0.3 is 19.3 Å². The molecule has 2 aliphatic rings. The Morgan fingerprint density at radius 3 is 2.27 bits per heavy atom. The van der Waals surface area contributed by atoms with Gasteiger partial charge in [0.2, 0.25) is 0 Å². The number of rotatable bonds is 3. The van der Waals surface area contributed by atoms with Crippen molar-refractivity contribution in [3.05, 3.63) is 0 Å². The Hall–Kier alpha value is -0.160. The Morgan fingerprint density at radius 1 is 1.13 bits per heavy atom. The van der Waals surface area contributed by atoms with Crippen LogP contribution in [0, 0.1) is 0 Å². The van der Waals surface area contributed by atoms with Crippen LogP contribution < -0.4 is 0 Å². The highest BCUT2D eigenvalue weighted by molar-refractivity contribution is 4.82. The van der Waals surface area contributed by atoms with Gasteiger partial charge in [0.15, 0.2) is 5.79 Å². The van der Waals surface area contributed by atoms with Crippen molar-refractivity contribution in [1.29, 1.82) is 0 Å². The van der Waals surface area contributed by atoms with Gasteiger partial charge in [-0.15, -0.1) is 0 Å². The maximum atomic E-state index is 5.70. The summed E-state index contributed by atoms with van der Waals surface area (Å²) in [6.07, 6.45) is 2.06. The SMILES string of the molecule is CN(C)CCN1CCC2(CC1)OCCO2. The molecule has 0 aromatic rings. The van der Waals surface area contributed by atoms with Crippen molar-refractivity contribution >= 4 is 0 Å². The Labute approximate surface area is 92.1 Å². The van der Waals surface area contributed by atoms with E-state index in [0.29, 0.717) is 0 Å². The summed E-state index contributed by atoms with van der Waals surface area (Å²) < 4.78 is 11.4. The predicted octanol–water partition coefficient (Wildman–Crippen LogP) is 0.387. The maximum Gasteiger partial charge on any atom is 0.170 e. The fourth-order valence-electron chi connectivity index (χ4n) is 2.24. The van der Waals surface area contributed by atoms with Gasteiger partial charge in [-0.3, -0.25) is 0 Å². The Kier molecular flexibility index (Phi) is 3.61. The topological polar surface area (TPSA) is 24.9 Å². The lowest BCUT2D eigenvalue weighted by Crippen LogP contribution is -2.46. The summed E-state index contributed by atoms with van der Waals surface area (Å²) in [6, 6.07) is 0. The lowest BCUT2D eigenvalue weighted by molar-refractivity contribution is -0.185. The van der Waals surface area contributed by atoms with Gasteiger partial charge in [0, 0.05) is 39.0 Å². The van der Waals surface area contributed by atoms with Crippen molar-refractivity contribution in [1.82, 2.24) is 9.80 Å². The number of hydrogen-bond donors (Lipinski definition) is 0. The third-order valence-corrected chi connectivity index (χ3v) is 3.29. The summed E-state index contributed by atoms with van der Waals surface area (Å²) in [6.45, 7) is 6.05. The summed E-state index contributed by atoms with van der Waals surface area (Å²) in [5.74, 6) is -0.214. The van der Waals surface area contributed by atoms with E-state index in [0.717, 1.165) is 52.2 Å². The van der Waals surface area contributed by atoms with E-state index in [-0.39, 0.29) is 5.79 Å². The van der Waals surface area contributed by atoms with Crippen LogP contribution >= 0.6 is 0 Å². The van der Waals surface area contributed by atoms with Crippen LogP contribution in [0.4, 0.5) is 0 Å². The second kappa shape index (κ2) is 4.78. The Balaban J connectivity index is 1.72. The zero-order chi connectivity index (χ0) is 10.7. The normalized spacial score (nSPS) is 26.6. The molecule has 2 saturated heterocycles. The first-order chi connectivity index (χ1) is 7.20. The molecule has 2 rings (SSSR count). The minimum Gasteiger partial charge on any atom is -0.347 e. The zero-order valence-electron chi connectivity index (χ0n) is 9.87. The molecule has 0 aliphatic carbocycles. The number of likely N-dealkylation sites (N-methyl/N-ethyl adjacent to an activating group) is 1. The summed E-state index contributed by atoms with van der Waals surface area (Å²) in [7, 11) is 4.24.